The number of urea groups is 1. The fourth-order valence-electron chi connectivity index (χ4n) is 2.14. The lowest BCUT2D eigenvalue weighted by Gasteiger charge is -2.16. The number of hydrogen-bond donors (Lipinski definition) is 2. The normalized spacial score (nSPS) is 18.7. The van der Waals surface area contributed by atoms with Crippen molar-refractivity contribution in [2.24, 2.45) is 5.92 Å². The average molecular weight is 256 g/mol. The van der Waals surface area contributed by atoms with Crippen LogP contribution in [0.4, 0.5) is 4.79 Å². The largest absolute Gasteiger partial charge is 0.481 e. The third kappa shape index (κ3) is 4.73. The molecule has 1 atom stereocenters. The number of nitrogens with zero attached hydrogens (tertiary/aromatic N) is 1. The van der Waals surface area contributed by atoms with Gasteiger partial charge in [-0.1, -0.05) is 13.3 Å². The highest BCUT2D eigenvalue weighted by Crippen LogP contribution is 2.20. The summed E-state index contributed by atoms with van der Waals surface area (Å²) in [7, 11) is 0. The van der Waals surface area contributed by atoms with Gasteiger partial charge in [0.15, 0.2) is 0 Å². The van der Waals surface area contributed by atoms with Crippen LogP contribution >= 0.6 is 0 Å². The Bertz CT molecular complexity index is 330. The molecular formula is C12H20N2O4. The number of hydrogen-bond acceptors (Lipinski definition) is 3. The van der Waals surface area contributed by atoms with E-state index in [1.165, 1.54) is 0 Å². The molecule has 18 heavy (non-hydrogen) atoms. The minimum Gasteiger partial charge on any atom is -0.481 e. The van der Waals surface area contributed by atoms with E-state index in [0.717, 1.165) is 19.3 Å². The molecule has 1 saturated heterocycles. The number of carbonyl (C=O) groups excluding carboxylic acids is 2. The van der Waals surface area contributed by atoms with Crippen LogP contribution in [0.5, 0.6) is 0 Å². The van der Waals surface area contributed by atoms with Crippen molar-refractivity contribution in [3.05, 3.63) is 0 Å². The minimum absolute atomic E-state index is 0.159. The molecule has 0 bridgehead atoms. The third-order valence-electron chi connectivity index (χ3n) is 3.08. The van der Waals surface area contributed by atoms with Crippen LogP contribution in [0.2, 0.25) is 0 Å². The molecular weight excluding hydrogens is 236 g/mol. The van der Waals surface area contributed by atoms with Gasteiger partial charge in [-0.05, 0) is 18.8 Å². The van der Waals surface area contributed by atoms with Crippen molar-refractivity contribution in [2.45, 2.75) is 39.0 Å². The molecule has 0 radical (unpaired) electrons. The number of carbonyl (C=O) groups is 3. The molecule has 102 valence electrons. The van der Waals surface area contributed by atoms with Crippen molar-refractivity contribution in [1.82, 2.24) is 10.2 Å². The summed E-state index contributed by atoms with van der Waals surface area (Å²) in [5.41, 5.74) is 0. The first-order valence-corrected chi connectivity index (χ1v) is 6.33. The first kappa shape index (κ1) is 14.5. The van der Waals surface area contributed by atoms with E-state index >= 15 is 0 Å². The van der Waals surface area contributed by atoms with Crippen molar-refractivity contribution in [3.8, 4) is 0 Å². The van der Waals surface area contributed by atoms with Gasteiger partial charge < -0.3 is 10.0 Å². The summed E-state index contributed by atoms with van der Waals surface area (Å²) in [6.45, 7) is 3.47. The second kappa shape index (κ2) is 6.98. The molecule has 1 rings (SSSR count). The van der Waals surface area contributed by atoms with Gasteiger partial charge in [-0.25, -0.2) is 4.79 Å². The predicted octanol–water partition coefficient (Wildman–Crippen LogP) is 1.21. The maximum absolute atomic E-state index is 11.7. The molecule has 6 nitrogen and oxygen atoms in total. The molecule has 0 spiro atoms. The maximum atomic E-state index is 11.7. The Balaban J connectivity index is 2.29. The summed E-state index contributed by atoms with van der Waals surface area (Å²) in [4.78, 5) is 34.9. The summed E-state index contributed by atoms with van der Waals surface area (Å²) < 4.78 is 0. The standard InChI is InChI=1S/C12H20N2O4/c1-2-3-9-6-7-14(8-9)12(18)13-10(15)4-5-11(16)17/h9H,2-8H2,1H3,(H,16,17)(H,13,15,18). The number of amides is 3. The quantitative estimate of drug-likeness (QED) is 0.774. The number of carboxylic acid groups (broad SMARTS) is 1. The van der Waals surface area contributed by atoms with Gasteiger partial charge in [0.1, 0.15) is 0 Å². The molecule has 1 aliphatic heterocycles. The summed E-state index contributed by atoms with van der Waals surface area (Å²) in [5.74, 6) is -1.04. The van der Waals surface area contributed by atoms with Crippen LogP contribution < -0.4 is 5.32 Å². The first-order valence-electron chi connectivity index (χ1n) is 6.33. The molecule has 1 heterocycles. The Hall–Kier alpha value is -1.59. The van der Waals surface area contributed by atoms with Crippen molar-refractivity contribution in [1.29, 1.82) is 0 Å². The van der Waals surface area contributed by atoms with Gasteiger partial charge in [0.25, 0.3) is 0 Å². The molecule has 1 aliphatic rings. The van der Waals surface area contributed by atoms with E-state index in [0.29, 0.717) is 19.0 Å². The highest BCUT2D eigenvalue weighted by Gasteiger charge is 2.26. The second-order valence-corrected chi connectivity index (χ2v) is 4.64. The number of rotatable bonds is 5. The molecule has 0 aromatic carbocycles. The zero-order chi connectivity index (χ0) is 13.5. The zero-order valence-corrected chi connectivity index (χ0v) is 10.6. The smallest absolute Gasteiger partial charge is 0.324 e. The van der Waals surface area contributed by atoms with Crippen LogP contribution in [-0.2, 0) is 9.59 Å². The van der Waals surface area contributed by atoms with E-state index in [4.69, 9.17) is 5.11 Å². The number of likely N-dealkylation sites (tertiary alicyclic amines) is 1. The lowest BCUT2D eigenvalue weighted by Crippen LogP contribution is -2.41. The molecule has 0 saturated carbocycles. The van der Waals surface area contributed by atoms with Gasteiger partial charge in [-0.15, -0.1) is 0 Å². The summed E-state index contributed by atoms with van der Waals surface area (Å²) in [5, 5.41) is 10.7. The summed E-state index contributed by atoms with van der Waals surface area (Å²) in [6.07, 6.45) is 2.75. The monoisotopic (exact) mass is 256 g/mol. The summed E-state index contributed by atoms with van der Waals surface area (Å²) in [6, 6.07) is -0.399. The van der Waals surface area contributed by atoms with Crippen LogP contribution in [0.1, 0.15) is 39.0 Å². The van der Waals surface area contributed by atoms with Crippen LogP contribution in [0.25, 0.3) is 0 Å². The lowest BCUT2D eigenvalue weighted by molar-refractivity contribution is -0.138. The molecule has 2 N–H and O–H groups in total. The molecule has 0 aromatic rings. The highest BCUT2D eigenvalue weighted by atomic mass is 16.4. The first-order chi connectivity index (χ1) is 8.52. The van der Waals surface area contributed by atoms with Crippen molar-refractivity contribution >= 4 is 17.9 Å². The van der Waals surface area contributed by atoms with Gasteiger partial charge in [0.05, 0.1) is 6.42 Å². The number of aliphatic carboxylic acids is 1. The second-order valence-electron chi connectivity index (χ2n) is 4.64. The van der Waals surface area contributed by atoms with Crippen molar-refractivity contribution in [2.75, 3.05) is 13.1 Å². The fourth-order valence-corrected chi connectivity index (χ4v) is 2.14. The topological polar surface area (TPSA) is 86.7 Å². The van der Waals surface area contributed by atoms with E-state index in [1.807, 2.05) is 0 Å². The lowest BCUT2D eigenvalue weighted by atomic mass is 10.0. The van der Waals surface area contributed by atoms with Gasteiger partial charge in [-0.2, -0.15) is 0 Å². The Labute approximate surface area is 106 Å². The van der Waals surface area contributed by atoms with E-state index in [2.05, 4.69) is 12.2 Å². The Morgan fingerprint density at radius 2 is 2.06 bits per heavy atom. The predicted molar refractivity (Wildman–Crippen MR) is 65.0 cm³/mol. The minimum atomic E-state index is -1.04. The average Bonchev–Trinajstić information content (AvgIpc) is 2.75. The molecule has 6 heteroatoms. The molecule has 3 amide bonds. The molecule has 1 unspecified atom stereocenters. The number of nitrogens with one attached hydrogen (secondary N) is 1. The van der Waals surface area contributed by atoms with Crippen LogP contribution in [0, 0.1) is 5.92 Å². The Morgan fingerprint density at radius 1 is 1.33 bits per heavy atom. The van der Waals surface area contributed by atoms with E-state index in [-0.39, 0.29) is 12.8 Å². The molecule has 0 aliphatic carbocycles. The third-order valence-corrected chi connectivity index (χ3v) is 3.08. The summed E-state index contributed by atoms with van der Waals surface area (Å²) >= 11 is 0. The zero-order valence-electron chi connectivity index (χ0n) is 10.6. The van der Waals surface area contributed by atoms with Gasteiger partial charge in [0, 0.05) is 19.5 Å². The SMILES string of the molecule is CCCC1CCN(C(=O)NC(=O)CCC(=O)O)C1. The fraction of sp³-hybridized carbons (Fsp3) is 0.750. The molecule has 1 fully saturated rings. The van der Waals surface area contributed by atoms with Crippen LogP contribution in [0.3, 0.4) is 0 Å². The van der Waals surface area contributed by atoms with E-state index in [9.17, 15) is 14.4 Å². The van der Waals surface area contributed by atoms with Gasteiger partial charge in [-0.3, -0.25) is 14.9 Å². The van der Waals surface area contributed by atoms with Crippen molar-refractivity contribution in [3.63, 3.8) is 0 Å². The van der Waals surface area contributed by atoms with E-state index < -0.39 is 17.9 Å². The highest BCUT2D eigenvalue weighted by molar-refractivity contribution is 5.95. The van der Waals surface area contributed by atoms with Gasteiger partial charge >= 0.3 is 12.0 Å². The van der Waals surface area contributed by atoms with Crippen molar-refractivity contribution < 1.29 is 19.5 Å². The van der Waals surface area contributed by atoms with Crippen LogP contribution in [-0.4, -0.2) is 41.0 Å². The van der Waals surface area contributed by atoms with Crippen LogP contribution in [0.15, 0.2) is 0 Å². The number of carboxylic acids is 1. The molecule has 0 aromatic heterocycles. The van der Waals surface area contributed by atoms with E-state index in [1.54, 1.807) is 4.90 Å². The van der Waals surface area contributed by atoms with Gasteiger partial charge in [0.2, 0.25) is 5.91 Å². The maximum Gasteiger partial charge on any atom is 0.324 e. The Morgan fingerprint density at radius 3 is 2.67 bits per heavy atom. The Kier molecular flexibility index (Phi) is 5.61. The number of imide groups is 1.